The van der Waals surface area contributed by atoms with E-state index >= 15 is 0 Å². The number of ether oxygens (including phenoxy) is 1. The van der Waals surface area contributed by atoms with Crippen molar-refractivity contribution in [1.29, 1.82) is 0 Å². The number of methoxy groups -OCH3 is 1. The third-order valence-electron chi connectivity index (χ3n) is 4.42. The second kappa shape index (κ2) is 13.6. The average molecular weight is 536 g/mol. The number of hydrogen-bond acceptors (Lipinski definition) is 5. The van der Waals surface area contributed by atoms with E-state index < -0.39 is 33.2 Å². The van der Waals surface area contributed by atoms with Crippen molar-refractivity contribution in [2.75, 3.05) is 7.11 Å². The van der Waals surface area contributed by atoms with Gasteiger partial charge in [0.15, 0.2) is 0 Å². The summed E-state index contributed by atoms with van der Waals surface area (Å²) in [5.41, 5.74) is 0.329. The summed E-state index contributed by atoms with van der Waals surface area (Å²) in [6.45, 7) is 3.80. The van der Waals surface area contributed by atoms with Gasteiger partial charge in [0.2, 0.25) is 0 Å². The zero-order valence-corrected chi connectivity index (χ0v) is 21.4. The molecule has 0 heterocycles. The van der Waals surface area contributed by atoms with Gasteiger partial charge in [-0.05, 0) is 30.0 Å². The Balaban J connectivity index is 0.000000242. The number of aliphatic carboxylic acids is 1. The molecule has 0 unspecified atom stereocenters. The summed E-state index contributed by atoms with van der Waals surface area (Å²) in [6.07, 6.45) is 1.66. The van der Waals surface area contributed by atoms with Gasteiger partial charge >= 0.3 is 89.0 Å². The maximum absolute atomic E-state index is 11.7. The van der Waals surface area contributed by atoms with E-state index in [9.17, 15) is 15.0 Å². The summed E-state index contributed by atoms with van der Waals surface area (Å²) in [7, 11) is 1.47. The van der Waals surface area contributed by atoms with Crippen molar-refractivity contribution in [2.24, 2.45) is 10.9 Å². The molecule has 0 bridgehead atoms. The fourth-order valence-electron chi connectivity index (χ4n) is 2.79. The minimum atomic E-state index is -1.23. The molecule has 0 aliphatic carbocycles. The summed E-state index contributed by atoms with van der Waals surface area (Å²) < 4.78 is 8.00. The molecule has 164 valence electrons. The van der Waals surface area contributed by atoms with E-state index in [-0.39, 0.29) is 11.7 Å². The Morgan fingerprint density at radius 3 is 2.00 bits per heavy atom. The first-order chi connectivity index (χ1) is 15.4. The van der Waals surface area contributed by atoms with E-state index in [4.69, 9.17) is 4.74 Å². The number of aliphatic imine (C=N–C) groups is 1. The van der Waals surface area contributed by atoms with Gasteiger partial charge in [0.1, 0.15) is 5.75 Å². The van der Waals surface area contributed by atoms with Crippen LogP contribution < -0.4 is 22.1 Å². The molecule has 3 aromatic carbocycles. The first-order valence-electron chi connectivity index (χ1n) is 10.3. The summed E-state index contributed by atoms with van der Waals surface area (Å²) in [5.74, 6) is -0.848. The zero-order valence-electron chi connectivity index (χ0n) is 18.5. The molecule has 0 saturated heterocycles. The number of carbonyl (C=O) groups excluding carboxylic acids is 1. The number of nitrogens with zero attached hydrogens (tertiary/aromatic N) is 1. The second-order valence-electron chi connectivity index (χ2n) is 7.50. The van der Waals surface area contributed by atoms with Crippen LogP contribution in [0.25, 0.3) is 0 Å². The first-order valence-corrected chi connectivity index (χ1v) is 13.2. The SMILES string of the molecule is COc1ccc(C=N[C@@H](CC(C)C)C(=O)[O-])c([O-])c1.c1cc[c]([Sn+2][c]2ccccc2)cc1. The molecule has 0 fully saturated rings. The number of carbonyl (C=O) groups is 1. The van der Waals surface area contributed by atoms with Crippen LogP contribution in [0, 0.1) is 5.92 Å². The molecule has 0 N–H and O–H groups in total. The van der Waals surface area contributed by atoms with E-state index in [0.717, 1.165) is 0 Å². The van der Waals surface area contributed by atoms with Gasteiger partial charge in [0.25, 0.3) is 0 Å². The van der Waals surface area contributed by atoms with Crippen LogP contribution >= 0.6 is 0 Å². The van der Waals surface area contributed by atoms with Crippen molar-refractivity contribution in [2.45, 2.75) is 26.3 Å². The van der Waals surface area contributed by atoms with Crippen molar-refractivity contribution < 1.29 is 19.7 Å². The molecule has 5 nitrogen and oxygen atoms in total. The van der Waals surface area contributed by atoms with Gasteiger partial charge in [-0.15, -0.1) is 0 Å². The van der Waals surface area contributed by atoms with Crippen LogP contribution in [0.15, 0.2) is 83.9 Å². The Bertz CT molecular complexity index is 954. The Kier molecular flexibility index (Phi) is 10.8. The van der Waals surface area contributed by atoms with Crippen molar-refractivity contribution in [3.63, 3.8) is 0 Å². The molecule has 6 heteroatoms. The summed E-state index contributed by atoms with van der Waals surface area (Å²) in [4.78, 5) is 14.8. The number of hydrogen-bond donors (Lipinski definition) is 0. The molecule has 0 aliphatic heterocycles. The minimum absolute atomic E-state index is 0.183. The monoisotopic (exact) mass is 537 g/mol. The molecule has 3 rings (SSSR count). The molecule has 0 radical (unpaired) electrons. The Labute approximate surface area is 200 Å². The fraction of sp³-hybridized carbons (Fsp3) is 0.231. The Morgan fingerprint density at radius 2 is 1.56 bits per heavy atom. The van der Waals surface area contributed by atoms with E-state index in [1.54, 1.807) is 12.1 Å². The molecular weight excluding hydrogens is 509 g/mol. The normalized spacial score (nSPS) is 11.4. The van der Waals surface area contributed by atoms with Crippen LogP contribution in [-0.2, 0) is 4.79 Å². The van der Waals surface area contributed by atoms with Crippen LogP contribution in [0.2, 0.25) is 0 Å². The predicted octanol–water partition coefficient (Wildman–Crippen LogP) is 1.69. The van der Waals surface area contributed by atoms with Gasteiger partial charge < -0.3 is 19.7 Å². The van der Waals surface area contributed by atoms with Crippen LogP contribution in [0.4, 0.5) is 0 Å². The first kappa shape index (κ1) is 25.5. The zero-order chi connectivity index (χ0) is 23.3. The van der Waals surface area contributed by atoms with Crippen LogP contribution in [0.3, 0.4) is 0 Å². The van der Waals surface area contributed by atoms with E-state index in [0.29, 0.717) is 17.7 Å². The number of rotatable bonds is 8. The Hall–Kier alpha value is -2.80. The van der Waals surface area contributed by atoms with Gasteiger partial charge in [0.05, 0.1) is 19.1 Å². The summed E-state index contributed by atoms with van der Waals surface area (Å²) >= 11 is -0.517. The molecule has 3 aromatic rings. The second-order valence-corrected chi connectivity index (χ2v) is 11.5. The fourth-order valence-corrected chi connectivity index (χ4v) is 5.79. The quantitative estimate of drug-likeness (QED) is 0.324. The van der Waals surface area contributed by atoms with E-state index in [1.807, 2.05) is 13.8 Å². The van der Waals surface area contributed by atoms with Gasteiger partial charge in [0, 0.05) is 6.21 Å². The van der Waals surface area contributed by atoms with Crippen LogP contribution in [-0.4, -0.2) is 46.5 Å². The summed E-state index contributed by atoms with van der Waals surface area (Å²) in [6, 6.07) is 25.2. The van der Waals surface area contributed by atoms with E-state index in [1.165, 1.54) is 26.5 Å². The van der Waals surface area contributed by atoms with Crippen molar-refractivity contribution >= 4 is 40.5 Å². The number of carboxylic acids is 1. The maximum atomic E-state index is 11.7. The van der Waals surface area contributed by atoms with E-state index in [2.05, 4.69) is 65.7 Å². The van der Waals surface area contributed by atoms with Crippen molar-refractivity contribution in [1.82, 2.24) is 0 Å². The number of carboxylic acid groups (broad SMARTS) is 1. The van der Waals surface area contributed by atoms with Crippen LogP contribution in [0.1, 0.15) is 25.8 Å². The predicted molar refractivity (Wildman–Crippen MR) is 126 cm³/mol. The molecule has 0 saturated carbocycles. The Morgan fingerprint density at radius 1 is 1.00 bits per heavy atom. The molecule has 0 spiro atoms. The molecule has 1 atom stereocenters. The topological polar surface area (TPSA) is 84.8 Å². The average Bonchev–Trinajstić information content (AvgIpc) is 2.78. The van der Waals surface area contributed by atoms with Gasteiger partial charge in [-0.2, -0.15) is 0 Å². The number of benzene rings is 3. The molecular formula is C26H27NO4Sn. The molecule has 0 amide bonds. The van der Waals surface area contributed by atoms with Crippen molar-refractivity contribution in [3.8, 4) is 11.5 Å². The third kappa shape index (κ3) is 9.14. The molecule has 0 aliphatic rings. The van der Waals surface area contributed by atoms with Crippen molar-refractivity contribution in [3.05, 3.63) is 84.4 Å². The molecule has 0 aromatic heterocycles. The summed E-state index contributed by atoms with van der Waals surface area (Å²) in [5, 5.41) is 22.6. The van der Waals surface area contributed by atoms with Crippen LogP contribution in [0.5, 0.6) is 11.5 Å². The van der Waals surface area contributed by atoms with Gasteiger partial charge in [-0.25, -0.2) is 0 Å². The molecule has 32 heavy (non-hydrogen) atoms. The standard InChI is InChI=1S/C14H19NO4.2C6H5.Sn/c1-9(2)6-12(14(17)18)15-8-10-4-5-11(19-3)7-13(10)16;2*1-2-4-6-5-3-1;/h4-5,7-9,12,16H,6H2,1-3H3,(H,17,18);2*1-5H;/q;;;+2/p-2/t12-;;;/m0.../s1. The third-order valence-corrected chi connectivity index (χ3v) is 7.97. The van der Waals surface area contributed by atoms with Gasteiger partial charge in [-0.3, -0.25) is 4.99 Å². The van der Waals surface area contributed by atoms with Gasteiger partial charge in [-0.1, -0.05) is 25.7 Å².